The Bertz CT molecular complexity index is 443. The van der Waals surface area contributed by atoms with E-state index in [9.17, 15) is 9.59 Å². The number of hydrogen-bond donors (Lipinski definition) is 0. The quantitative estimate of drug-likeness (QED) is 0.625. The number of ether oxygens (including phenoxy) is 1. The maximum atomic E-state index is 11.8. The second-order valence-electron chi connectivity index (χ2n) is 3.68. The summed E-state index contributed by atoms with van der Waals surface area (Å²) in [7, 11) is 1.29. The van der Waals surface area contributed by atoms with Crippen LogP contribution in [-0.2, 0) is 9.53 Å². The molecule has 0 fully saturated rings. The predicted molar refractivity (Wildman–Crippen MR) is 66.6 cm³/mol. The lowest BCUT2D eigenvalue weighted by Gasteiger charge is -2.08. The molecule has 1 unspecified atom stereocenters. The molecule has 5 heteroatoms. The van der Waals surface area contributed by atoms with Gasteiger partial charge in [-0.25, -0.2) is 0 Å². The van der Waals surface area contributed by atoms with Crippen molar-refractivity contribution in [1.29, 1.82) is 0 Å². The van der Waals surface area contributed by atoms with Gasteiger partial charge in [0, 0.05) is 12.0 Å². The number of hydrogen-bond acceptors (Lipinski definition) is 3. The molecule has 0 saturated heterocycles. The topological polar surface area (TPSA) is 43.4 Å². The Hall–Kier alpha value is -1.06. The average molecular weight is 275 g/mol. The Morgan fingerprint density at radius 2 is 1.94 bits per heavy atom. The van der Waals surface area contributed by atoms with Crippen molar-refractivity contribution in [3.05, 3.63) is 33.8 Å². The zero-order chi connectivity index (χ0) is 13.0. The molecular weight excluding hydrogens is 263 g/mol. The van der Waals surface area contributed by atoms with Crippen molar-refractivity contribution >= 4 is 35.0 Å². The molecule has 3 nitrogen and oxygen atoms in total. The van der Waals surface area contributed by atoms with E-state index in [1.54, 1.807) is 19.1 Å². The fourth-order valence-electron chi connectivity index (χ4n) is 1.35. The third-order valence-electron chi connectivity index (χ3n) is 2.34. The van der Waals surface area contributed by atoms with Crippen molar-refractivity contribution < 1.29 is 14.3 Å². The number of Topliss-reactive ketones (excluding diaryl/α,β-unsaturated/α-hetero) is 1. The highest BCUT2D eigenvalue weighted by Crippen LogP contribution is 2.23. The molecule has 1 atom stereocenters. The Morgan fingerprint density at radius 1 is 1.29 bits per heavy atom. The summed E-state index contributed by atoms with van der Waals surface area (Å²) in [5, 5.41) is 0.715. The monoisotopic (exact) mass is 274 g/mol. The maximum absolute atomic E-state index is 11.8. The largest absolute Gasteiger partial charge is 0.469 e. The zero-order valence-electron chi connectivity index (χ0n) is 9.50. The predicted octanol–water partition coefficient (Wildman–Crippen LogP) is 3.38. The number of rotatable bonds is 4. The van der Waals surface area contributed by atoms with E-state index in [0.29, 0.717) is 15.6 Å². The minimum absolute atomic E-state index is 0.0879. The summed E-state index contributed by atoms with van der Waals surface area (Å²) >= 11 is 11.6. The van der Waals surface area contributed by atoms with Gasteiger partial charge >= 0.3 is 5.97 Å². The van der Waals surface area contributed by atoms with Crippen LogP contribution in [0.15, 0.2) is 18.2 Å². The number of methoxy groups -OCH3 is 1. The minimum Gasteiger partial charge on any atom is -0.469 e. The first kappa shape index (κ1) is 14.0. The number of esters is 1. The zero-order valence-corrected chi connectivity index (χ0v) is 11.0. The normalized spacial score (nSPS) is 12.0. The standard InChI is InChI=1S/C12H12Cl2O3/c1-7(12(16)17-2)5-11(15)8-3-4-9(13)10(14)6-8/h3-4,6-7H,5H2,1-2H3. The van der Waals surface area contributed by atoms with Gasteiger partial charge in [0.05, 0.1) is 23.1 Å². The molecule has 0 heterocycles. The molecule has 1 aromatic rings. The highest BCUT2D eigenvalue weighted by atomic mass is 35.5. The molecule has 1 rings (SSSR count). The van der Waals surface area contributed by atoms with E-state index in [0.717, 1.165) is 0 Å². The molecule has 0 bridgehead atoms. The molecule has 0 aliphatic rings. The summed E-state index contributed by atoms with van der Waals surface area (Å²) in [4.78, 5) is 23.0. The van der Waals surface area contributed by atoms with Crippen LogP contribution in [0.5, 0.6) is 0 Å². The molecule has 0 radical (unpaired) electrons. The molecule has 0 aliphatic heterocycles. The first-order valence-corrected chi connectivity index (χ1v) is 5.77. The molecule has 0 spiro atoms. The van der Waals surface area contributed by atoms with E-state index in [1.807, 2.05) is 0 Å². The Balaban J connectivity index is 2.76. The van der Waals surface area contributed by atoms with Gasteiger partial charge in [0.2, 0.25) is 0 Å². The Morgan fingerprint density at radius 3 is 2.47 bits per heavy atom. The van der Waals surface area contributed by atoms with Crippen molar-refractivity contribution in [3.63, 3.8) is 0 Å². The van der Waals surface area contributed by atoms with Gasteiger partial charge in [0.1, 0.15) is 0 Å². The lowest BCUT2D eigenvalue weighted by Crippen LogP contribution is -2.16. The van der Waals surface area contributed by atoms with Crippen LogP contribution in [0.1, 0.15) is 23.7 Å². The molecular formula is C12H12Cl2O3. The molecule has 17 heavy (non-hydrogen) atoms. The Labute approximate surface area is 110 Å². The maximum Gasteiger partial charge on any atom is 0.308 e. The van der Waals surface area contributed by atoms with Gasteiger partial charge in [-0.1, -0.05) is 30.1 Å². The Kier molecular flexibility index (Phi) is 4.97. The SMILES string of the molecule is COC(=O)C(C)CC(=O)c1ccc(Cl)c(Cl)c1. The molecule has 0 aromatic heterocycles. The summed E-state index contributed by atoms with van der Waals surface area (Å²) in [6, 6.07) is 4.64. The molecule has 0 saturated carbocycles. The summed E-state index contributed by atoms with van der Waals surface area (Å²) < 4.78 is 4.55. The summed E-state index contributed by atoms with van der Waals surface area (Å²) in [6.45, 7) is 1.64. The van der Waals surface area contributed by atoms with E-state index in [2.05, 4.69) is 4.74 Å². The number of benzene rings is 1. The summed E-state index contributed by atoms with van der Waals surface area (Å²) in [6.07, 6.45) is 0.0879. The van der Waals surface area contributed by atoms with Gasteiger partial charge in [0.15, 0.2) is 5.78 Å². The van der Waals surface area contributed by atoms with Crippen molar-refractivity contribution in [2.75, 3.05) is 7.11 Å². The second-order valence-corrected chi connectivity index (χ2v) is 4.49. The smallest absolute Gasteiger partial charge is 0.308 e. The van der Waals surface area contributed by atoms with Crippen molar-refractivity contribution in [3.8, 4) is 0 Å². The molecule has 0 N–H and O–H groups in total. The third kappa shape index (κ3) is 3.72. The molecule has 0 aliphatic carbocycles. The van der Waals surface area contributed by atoms with Crippen molar-refractivity contribution in [2.24, 2.45) is 5.92 Å². The summed E-state index contributed by atoms with van der Waals surface area (Å²) in [5.41, 5.74) is 0.440. The van der Waals surface area contributed by atoms with Crippen LogP contribution < -0.4 is 0 Å². The molecule has 1 aromatic carbocycles. The number of ketones is 1. The van der Waals surface area contributed by atoms with E-state index in [-0.39, 0.29) is 12.2 Å². The molecule has 92 valence electrons. The van der Waals surface area contributed by atoms with Gasteiger partial charge in [-0.15, -0.1) is 0 Å². The first-order chi connectivity index (χ1) is 7.95. The third-order valence-corrected chi connectivity index (χ3v) is 3.08. The van der Waals surface area contributed by atoms with Crippen LogP contribution in [0.4, 0.5) is 0 Å². The van der Waals surface area contributed by atoms with Crippen LogP contribution in [0.2, 0.25) is 10.0 Å². The van der Waals surface area contributed by atoms with Crippen LogP contribution in [0.3, 0.4) is 0 Å². The van der Waals surface area contributed by atoms with Crippen LogP contribution in [0, 0.1) is 5.92 Å². The van der Waals surface area contributed by atoms with E-state index in [4.69, 9.17) is 23.2 Å². The lowest BCUT2D eigenvalue weighted by molar-refractivity contribution is -0.144. The first-order valence-electron chi connectivity index (χ1n) is 5.01. The fourth-order valence-corrected chi connectivity index (χ4v) is 1.65. The fraction of sp³-hybridized carbons (Fsp3) is 0.333. The van der Waals surface area contributed by atoms with Gasteiger partial charge in [-0.05, 0) is 18.2 Å². The lowest BCUT2D eigenvalue weighted by atomic mass is 10.00. The van der Waals surface area contributed by atoms with Gasteiger partial charge < -0.3 is 4.74 Å². The van der Waals surface area contributed by atoms with E-state index >= 15 is 0 Å². The van der Waals surface area contributed by atoms with Crippen LogP contribution in [0.25, 0.3) is 0 Å². The van der Waals surface area contributed by atoms with Gasteiger partial charge in [-0.2, -0.15) is 0 Å². The second kappa shape index (κ2) is 6.03. The van der Waals surface area contributed by atoms with Crippen LogP contribution in [-0.4, -0.2) is 18.9 Å². The highest BCUT2D eigenvalue weighted by Gasteiger charge is 2.18. The number of halogens is 2. The average Bonchev–Trinajstić information content (AvgIpc) is 2.31. The number of carbonyl (C=O) groups excluding carboxylic acids is 2. The van der Waals surface area contributed by atoms with E-state index in [1.165, 1.54) is 13.2 Å². The van der Waals surface area contributed by atoms with Crippen LogP contribution >= 0.6 is 23.2 Å². The highest BCUT2D eigenvalue weighted by molar-refractivity contribution is 6.42. The van der Waals surface area contributed by atoms with Crippen molar-refractivity contribution in [2.45, 2.75) is 13.3 Å². The van der Waals surface area contributed by atoms with Gasteiger partial charge in [-0.3, -0.25) is 9.59 Å². The minimum atomic E-state index is -0.470. The van der Waals surface area contributed by atoms with E-state index < -0.39 is 11.9 Å². The molecule has 0 amide bonds. The van der Waals surface area contributed by atoms with Crippen molar-refractivity contribution in [1.82, 2.24) is 0 Å². The summed E-state index contributed by atoms with van der Waals surface area (Å²) in [5.74, 6) is -1.04. The van der Waals surface area contributed by atoms with Gasteiger partial charge in [0.25, 0.3) is 0 Å². The number of carbonyl (C=O) groups is 2.